The zero-order chi connectivity index (χ0) is 12.8. The van der Waals surface area contributed by atoms with Gasteiger partial charge in [-0.3, -0.25) is 4.79 Å². The van der Waals surface area contributed by atoms with Gasteiger partial charge in [0.25, 0.3) is 0 Å². The first-order chi connectivity index (χ1) is 8.81. The SMILES string of the molecule is NCC(NC(=O)C1CCCCO1)c1ccccc1. The molecule has 1 aliphatic rings. The molecule has 0 saturated carbocycles. The molecule has 98 valence electrons. The van der Waals surface area contributed by atoms with Crippen molar-refractivity contribution < 1.29 is 9.53 Å². The van der Waals surface area contributed by atoms with Crippen LogP contribution in [0.1, 0.15) is 30.9 Å². The molecule has 1 amide bonds. The minimum Gasteiger partial charge on any atom is -0.368 e. The summed E-state index contributed by atoms with van der Waals surface area (Å²) in [6.07, 6.45) is 2.59. The van der Waals surface area contributed by atoms with Crippen molar-refractivity contribution in [3.8, 4) is 0 Å². The Morgan fingerprint density at radius 1 is 1.39 bits per heavy atom. The topological polar surface area (TPSA) is 64.3 Å². The minimum absolute atomic E-state index is 0.0472. The van der Waals surface area contributed by atoms with Gasteiger partial charge in [0.15, 0.2) is 0 Å². The third kappa shape index (κ3) is 3.31. The molecule has 0 aliphatic carbocycles. The van der Waals surface area contributed by atoms with E-state index in [0.717, 1.165) is 24.8 Å². The second-order valence-corrected chi connectivity index (χ2v) is 4.56. The van der Waals surface area contributed by atoms with Crippen LogP contribution in [0, 0.1) is 0 Å². The van der Waals surface area contributed by atoms with E-state index in [1.54, 1.807) is 0 Å². The van der Waals surface area contributed by atoms with E-state index >= 15 is 0 Å². The van der Waals surface area contributed by atoms with Crippen molar-refractivity contribution in [1.29, 1.82) is 0 Å². The van der Waals surface area contributed by atoms with E-state index in [1.807, 2.05) is 30.3 Å². The number of nitrogens with two attached hydrogens (primary N) is 1. The molecule has 18 heavy (non-hydrogen) atoms. The van der Waals surface area contributed by atoms with Gasteiger partial charge in [0.2, 0.25) is 5.91 Å². The van der Waals surface area contributed by atoms with Crippen molar-refractivity contribution in [1.82, 2.24) is 5.32 Å². The molecule has 3 N–H and O–H groups in total. The fourth-order valence-electron chi connectivity index (χ4n) is 2.18. The van der Waals surface area contributed by atoms with Gasteiger partial charge in [-0.15, -0.1) is 0 Å². The van der Waals surface area contributed by atoms with Crippen LogP contribution in [0.3, 0.4) is 0 Å². The number of amides is 1. The number of carbonyl (C=O) groups is 1. The van der Waals surface area contributed by atoms with Crippen molar-refractivity contribution in [2.75, 3.05) is 13.2 Å². The van der Waals surface area contributed by atoms with Crippen molar-refractivity contribution in [2.24, 2.45) is 5.73 Å². The van der Waals surface area contributed by atoms with Gasteiger partial charge in [-0.1, -0.05) is 30.3 Å². The number of carbonyl (C=O) groups excluding carboxylic acids is 1. The lowest BCUT2D eigenvalue weighted by Crippen LogP contribution is -2.42. The minimum atomic E-state index is -0.309. The molecule has 0 bridgehead atoms. The van der Waals surface area contributed by atoms with E-state index in [9.17, 15) is 4.79 Å². The first kappa shape index (κ1) is 13.1. The van der Waals surface area contributed by atoms with Gasteiger partial charge in [-0.05, 0) is 24.8 Å². The summed E-state index contributed by atoms with van der Waals surface area (Å²) in [6, 6.07) is 9.65. The van der Waals surface area contributed by atoms with Gasteiger partial charge in [0, 0.05) is 13.2 Å². The second-order valence-electron chi connectivity index (χ2n) is 4.56. The van der Waals surface area contributed by atoms with Gasteiger partial charge < -0.3 is 15.8 Å². The molecule has 2 atom stereocenters. The van der Waals surface area contributed by atoms with Crippen LogP contribution < -0.4 is 11.1 Å². The monoisotopic (exact) mass is 248 g/mol. The molecule has 2 rings (SSSR count). The Labute approximate surface area is 108 Å². The van der Waals surface area contributed by atoms with Crippen LogP contribution in [0.2, 0.25) is 0 Å². The van der Waals surface area contributed by atoms with Gasteiger partial charge >= 0.3 is 0 Å². The van der Waals surface area contributed by atoms with Crippen molar-refractivity contribution in [2.45, 2.75) is 31.4 Å². The molecule has 0 radical (unpaired) electrons. The Balaban J connectivity index is 1.95. The molecule has 4 heteroatoms. The predicted octanol–water partition coefficient (Wildman–Crippen LogP) is 1.37. The molecule has 1 heterocycles. The van der Waals surface area contributed by atoms with E-state index < -0.39 is 0 Å². The maximum Gasteiger partial charge on any atom is 0.249 e. The predicted molar refractivity (Wildman–Crippen MR) is 70.0 cm³/mol. The average molecular weight is 248 g/mol. The smallest absolute Gasteiger partial charge is 0.249 e. The largest absolute Gasteiger partial charge is 0.368 e. The van der Waals surface area contributed by atoms with Crippen molar-refractivity contribution in [3.63, 3.8) is 0 Å². The first-order valence-corrected chi connectivity index (χ1v) is 6.48. The highest BCUT2D eigenvalue weighted by atomic mass is 16.5. The highest BCUT2D eigenvalue weighted by Crippen LogP contribution is 2.15. The van der Waals surface area contributed by atoms with E-state index in [-0.39, 0.29) is 18.1 Å². The maximum atomic E-state index is 12.0. The Kier molecular flexibility index (Phi) is 4.73. The average Bonchev–Trinajstić information content (AvgIpc) is 2.46. The molecule has 0 spiro atoms. The summed E-state index contributed by atoms with van der Waals surface area (Å²) >= 11 is 0. The number of benzene rings is 1. The molecular formula is C14H20N2O2. The Morgan fingerprint density at radius 2 is 2.17 bits per heavy atom. The number of nitrogens with one attached hydrogen (secondary N) is 1. The normalized spacial score (nSPS) is 21.3. The molecular weight excluding hydrogens is 228 g/mol. The molecule has 1 fully saturated rings. The fraction of sp³-hybridized carbons (Fsp3) is 0.500. The van der Waals surface area contributed by atoms with E-state index in [0.29, 0.717) is 13.2 Å². The van der Waals surface area contributed by atoms with Gasteiger partial charge in [-0.2, -0.15) is 0 Å². The van der Waals surface area contributed by atoms with Crippen LogP contribution in [0.15, 0.2) is 30.3 Å². The van der Waals surface area contributed by atoms with Crippen molar-refractivity contribution >= 4 is 5.91 Å². The fourth-order valence-corrected chi connectivity index (χ4v) is 2.18. The second kappa shape index (κ2) is 6.52. The lowest BCUT2D eigenvalue weighted by atomic mass is 10.1. The van der Waals surface area contributed by atoms with Gasteiger partial charge in [0.1, 0.15) is 6.10 Å². The van der Waals surface area contributed by atoms with Gasteiger partial charge in [-0.25, -0.2) is 0 Å². The van der Waals surface area contributed by atoms with Gasteiger partial charge in [0.05, 0.1) is 6.04 Å². The summed E-state index contributed by atoms with van der Waals surface area (Å²) in [7, 11) is 0. The number of ether oxygens (including phenoxy) is 1. The molecule has 1 saturated heterocycles. The molecule has 1 aromatic carbocycles. The molecule has 4 nitrogen and oxygen atoms in total. The standard InChI is InChI=1S/C14H20N2O2/c15-10-12(11-6-2-1-3-7-11)16-14(17)13-8-4-5-9-18-13/h1-3,6-7,12-13H,4-5,8-10,15H2,(H,16,17). The molecule has 0 aromatic heterocycles. The van der Waals surface area contributed by atoms with Crippen molar-refractivity contribution in [3.05, 3.63) is 35.9 Å². The number of hydrogen-bond donors (Lipinski definition) is 2. The van der Waals surface area contributed by atoms with Crippen LogP contribution in [0.4, 0.5) is 0 Å². The number of hydrogen-bond acceptors (Lipinski definition) is 3. The Morgan fingerprint density at radius 3 is 2.78 bits per heavy atom. The molecule has 1 aromatic rings. The lowest BCUT2D eigenvalue weighted by Gasteiger charge is -2.25. The van der Waals surface area contributed by atoms with Crippen LogP contribution in [0.5, 0.6) is 0 Å². The molecule has 1 aliphatic heterocycles. The van der Waals surface area contributed by atoms with Crippen LogP contribution in [-0.4, -0.2) is 25.2 Å². The van der Waals surface area contributed by atoms with E-state index in [1.165, 1.54) is 0 Å². The number of rotatable bonds is 4. The Bertz CT molecular complexity index is 375. The van der Waals surface area contributed by atoms with E-state index in [4.69, 9.17) is 10.5 Å². The summed E-state index contributed by atoms with van der Waals surface area (Å²) in [4.78, 5) is 12.0. The summed E-state index contributed by atoms with van der Waals surface area (Å²) < 4.78 is 5.47. The van der Waals surface area contributed by atoms with Crippen LogP contribution in [-0.2, 0) is 9.53 Å². The zero-order valence-corrected chi connectivity index (χ0v) is 10.5. The summed E-state index contributed by atoms with van der Waals surface area (Å²) in [5.41, 5.74) is 6.76. The lowest BCUT2D eigenvalue weighted by molar-refractivity contribution is -0.136. The maximum absolute atomic E-state index is 12.0. The first-order valence-electron chi connectivity index (χ1n) is 6.48. The quantitative estimate of drug-likeness (QED) is 0.846. The van der Waals surface area contributed by atoms with Crippen LogP contribution in [0.25, 0.3) is 0 Å². The Hall–Kier alpha value is -1.39. The summed E-state index contributed by atoms with van der Waals surface area (Å²) in [5, 5.41) is 2.96. The zero-order valence-electron chi connectivity index (χ0n) is 10.5. The summed E-state index contributed by atoms with van der Waals surface area (Å²) in [5.74, 6) is -0.0472. The highest BCUT2D eigenvalue weighted by Gasteiger charge is 2.24. The summed E-state index contributed by atoms with van der Waals surface area (Å²) in [6.45, 7) is 1.07. The molecule has 2 unspecified atom stereocenters. The third-order valence-corrected chi connectivity index (χ3v) is 3.23. The third-order valence-electron chi connectivity index (χ3n) is 3.23. The van der Waals surface area contributed by atoms with Crippen LogP contribution >= 0.6 is 0 Å². The highest BCUT2D eigenvalue weighted by molar-refractivity contribution is 5.81. The van der Waals surface area contributed by atoms with E-state index in [2.05, 4.69) is 5.32 Å².